The van der Waals surface area contributed by atoms with Gasteiger partial charge in [-0.05, 0) is 41.2 Å². The third-order valence-corrected chi connectivity index (χ3v) is 3.69. The molecule has 0 bridgehead atoms. The monoisotopic (exact) mass is 258 g/mol. The van der Waals surface area contributed by atoms with E-state index in [4.69, 9.17) is 0 Å². The smallest absolute Gasteiger partial charge is 0.153 e. The molecule has 0 amide bonds. The van der Waals surface area contributed by atoms with Gasteiger partial charge < -0.3 is 5.32 Å². The maximum Gasteiger partial charge on any atom is 0.153 e. The Hall–Kier alpha value is -0.420. The molecule has 0 spiro atoms. The van der Waals surface area contributed by atoms with E-state index in [1.807, 2.05) is 18.8 Å². The molecule has 1 fully saturated rings. The fourth-order valence-corrected chi connectivity index (χ4v) is 2.50. The highest BCUT2D eigenvalue weighted by molar-refractivity contribution is 9.10. The molecule has 0 aliphatic heterocycles. The Morgan fingerprint density at radius 3 is 2.57 bits per heavy atom. The van der Waals surface area contributed by atoms with Gasteiger partial charge in [0.05, 0.1) is 11.7 Å². The van der Waals surface area contributed by atoms with Gasteiger partial charge >= 0.3 is 0 Å². The fraction of sp³-hybridized carbons (Fsp3) is 0.778. The minimum atomic E-state index is 0.344. The van der Waals surface area contributed by atoms with E-state index in [1.54, 1.807) is 0 Å². The Morgan fingerprint density at radius 2 is 2.21 bits per heavy atom. The van der Waals surface area contributed by atoms with Gasteiger partial charge in [-0.2, -0.15) is 0 Å². The predicted molar refractivity (Wildman–Crippen MR) is 57.8 cm³/mol. The minimum absolute atomic E-state index is 0.344. The number of nitrogens with one attached hydrogen (secondary N) is 1. The molecule has 1 atom stereocenters. The predicted octanol–water partition coefficient (Wildman–Crippen LogP) is 1.64. The van der Waals surface area contributed by atoms with Crippen molar-refractivity contribution in [2.75, 3.05) is 7.05 Å². The van der Waals surface area contributed by atoms with Crippen LogP contribution < -0.4 is 5.32 Å². The van der Waals surface area contributed by atoms with Crippen LogP contribution in [0.15, 0.2) is 4.60 Å². The van der Waals surface area contributed by atoms with Crippen molar-refractivity contribution in [1.29, 1.82) is 0 Å². The Morgan fingerprint density at radius 1 is 1.57 bits per heavy atom. The molecule has 1 aromatic rings. The Labute approximate surface area is 92.2 Å². The number of aryl methyl sites for hydroxylation is 1. The molecule has 1 saturated carbocycles. The van der Waals surface area contributed by atoms with Gasteiger partial charge in [-0.1, -0.05) is 12.1 Å². The van der Waals surface area contributed by atoms with Crippen LogP contribution >= 0.6 is 15.9 Å². The van der Waals surface area contributed by atoms with Crippen molar-refractivity contribution < 1.29 is 0 Å². The van der Waals surface area contributed by atoms with Crippen molar-refractivity contribution in [2.45, 2.75) is 25.8 Å². The van der Waals surface area contributed by atoms with Crippen LogP contribution in [0.4, 0.5) is 0 Å². The van der Waals surface area contributed by atoms with E-state index in [1.165, 1.54) is 12.8 Å². The summed E-state index contributed by atoms with van der Waals surface area (Å²) in [7, 11) is 3.93. The molecular formula is C9H15BrN4. The van der Waals surface area contributed by atoms with Crippen molar-refractivity contribution in [3.8, 4) is 0 Å². The van der Waals surface area contributed by atoms with Crippen molar-refractivity contribution in [3.05, 3.63) is 10.3 Å². The Kier molecular flexibility index (Phi) is 2.39. The highest BCUT2D eigenvalue weighted by atomic mass is 79.9. The number of nitrogens with zero attached hydrogens (tertiary/aromatic N) is 3. The van der Waals surface area contributed by atoms with Crippen molar-refractivity contribution in [2.24, 2.45) is 12.5 Å². The van der Waals surface area contributed by atoms with Crippen LogP contribution in [-0.2, 0) is 7.05 Å². The molecule has 1 N–H and O–H groups in total. The average molecular weight is 259 g/mol. The van der Waals surface area contributed by atoms with Crippen LogP contribution in [0.3, 0.4) is 0 Å². The number of hydrogen-bond donors (Lipinski definition) is 1. The van der Waals surface area contributed by atoms with Gasteiger partial charge in [0.1, 0.15) is 0 Å². The quantitative estimate of drug-likeness (QED) is 0.897. The van der Waals surface area contributed by atoms with Gasteiger partial charge in [0.25, 0.3) is 0 Å². The molecule has 1 aliphatic carbocycles. The molecule has 1 heterocycles. The lowest BCUT2D eigenvalue weighted by atomic mass is 9.96. The van der Waals surface area contributed by atoms with Crippen molar-refractivity contribution >= 4 is 15.9 Å². The van der Waals surface area contributed by atoms with E-state index in [0.717, 1.165) is 10.3 Å². The zero-order valence-corrected chi connectivity index (χ0v) is 10.3. The fourth-order valence-electron chi connectivity index (χ4n) is 1.95. The highest BCUT2D eigenvalue weighted by Gasteiger charge is 2.46. The maximum atomic E-state index is 4.02. The minimum Gasteiger partial charge on any atom is -0.311 e. The first-order chi connectivity index (χ1) is 6.58. The van der Waals surface area contributed by atoms with Crippen LogP contribution in [0, 0.1) is 5.41 Å². The zero-order chi connectivity index (χ0) is 10.3. The number of hydrogen-bond acceptors (Lipinski definition) is 3. The topological polar surface area (TPSA) is 42.7 Å². The second-order valence-electron chi connectivity index (χ2n) is 4.26. The number of rotatable bonds is 3. The summed E-state index contributed by atoms with van der Waals surface area (Å²) in [6, 6.07) is 0.344. The molecular weight excluding hydrogens is 244 g/mol. The normalized spacial score (nSPS) is 20.9. The van der Waals surface area contributed by atoms with Gasteiger partial charge in [-0.15, -0.1) is 5.10 Å². The van der Waals surface area contributed by atoms with Crippen LogP contribution in [0.2, 0.25) is 0 Å². The van der Waals surface area contributed by atoms with Crippen LogP contribution in [0.25, 0.3) is 0 Å². The van der Waals surface area contributed by atoms with Gasteiger partial charge in [-0.25, -0.2) is 4.68 Å². The summed E-state index contributed by atoms with van der Waals surface area (Å²) in [5.74, 6) is 0. The average Bonchev–Trinajstić information content (AvgIpc) is 2.81. The summed E-state index contributed by atoms with van der Waals surface area (Å²) in [5.41, 5.74) is 1.53. The number of halogens is 1. The van der Waals surface area contributed by atoms with Crippen LogP contribution in [0.1, 0.15) is 31.5 Å². The molecule has 1 aliphatic rings. The van der Waals surface area contributed by atoms with Crippen LogP contribution in [-0.4, -0.2) is 22.0 Å². The Bertz CT molecular complexity index is 323. The summed E-state index contributed by atoms with van der Waals surface area (Å²) < 4.78 is 2.70. The maximum absolute atomic E-state index is 4.02. The van der Waals surface area contributed by atoms with Gasteiger partial charge in [0, 0.05) is 7.05 Å². The summed E-state index contributed by atoms with van der Waals surface area (Å²) >= 11 is 3.44. The number of aromatic nitrogens is 3. The second-order valence-corrected chi connectivity index (χ2v) is 5.02. The molecule has 4 nitrogen and oxygen atoms in total. The first-order valence-corrected chi connectivity index (χ1v) is 5.60. The van der Waals surface area contributed by atoms with Gasteiger partial charge in [0.15, 0.2) is 4.60 Å². The third-order valence-electron chi connectivity index (χ3n) is 3.12. The third kappa shape index (κ3) is 1.48. The molecule has 0 saturated heterocycles. The van der Waals surface area contributed by atoms with Crippen molar-refractivity contribution in [1.82, 2.24) is 20.3 Å². The van der Waals surface area contributed by atoms with E-state index in [-0.39, 0.29) is 0 Å². The lowest BCUT2D eigenvalue weighted by molar-refractivity contribution is 0.368. The molecule has 14 heavy (non-hydrogen) atoms. The summed E-state index contributed by atoms with van der Waals surface area (Å²) in [5, 5.41) is 11.4. The Balaban J connectivity index is 2.36. The van der Waals surface area contributed by atoms with E-state index < -0.39 is 0 Å². The zero-order valence-electron chi connectivity index (χ0n) is 8.71. The van der Waals surface area contributed by atoms with Crippen molar-refractivity contribution in [3.63, 3.8) is 0 Å². The summed E-state index contributed by atoms with van der Waals surface area (Å²) in [4.78, 5) is 0. The molecule has 78 valence electrons. The second kappa shape index (κ2) is 3.31. The van der Waals surface area contributed by atoms with E-state index >= 15 is 0 Å². The first kappa shape index (κ1) is 10.1. The molecule has 5 heteroatoms. The molecule has 0 radical (unpaired) electrons. The first-order valence-electron chi connectivity index (χ1n) is 4.81. The van der Waals surface area contributed by atoms with Gasteiger partial charge in [-0.3, -0.25) is 0 Å². The van der Waals surface area contributed by atoms with E-state index in [0.29, 0.717) is 11.5 Å². The van der Waals surface area contributed by atoms with E-state index in [2.05, 4.69) is 38.5 Å². The lowest BCUT2D eigenvalue weighted by Gasteiger charge is -2.22. The summed E-state index contributed by atoms with van der Waals surface area (Å²) in [6.07, 6.45) is 2.55. The molecule has 1 aromatic heterocycles. The molecule has 1 unspecified atom stereocenters. The SMILES string of the molecule is CNC(c1c(Br)nnn1C)C1(C)CC1. The van der Waals surface area contributed by atoms with Crippen LogP contribution in [0.5, 0.6) is 0 Å². The highest BCUT2D eigenvalue weighted by Crippen LogP contribution is 2.54. The summed E-state index contributed by atoms with van der Waals surface area (Å²) in [6.45, 7) is 2.30. The molecule has 0 aromatic carbocycles. The standard InChI is InChI=1S/C9H15BrN4/c1-9(4-5-9)7(11-2)6-8(10)12-13-14(6)3/h7,11H,4-5H2,1-3H3. The largest absolute Gasteiger partial charge is 0.311 e. The molecule has 2 rings (SSSR count). The lowest BCUT2D eigenvalue weighted by Crippen LogP contribution is -2.27. The van der Waals surface area contributed by atoms with E-state index in [9.17, 15) is 0 Å². The van der Waals surface area contributed by atoms with Gasteiger partial charge in [0.2, 0.25) is 0 Å².